The average molecular weight is 411 g/mol. The van der Waals surface area contributed by atoms with Crippen molar-refractivity contribution in [1.82, 2.24) is 10.3 Å². The van der Waals surface area contributed by atoms with Gasteiger partial charge in [-0.05, 0) is 50.2 Å². The van der Waals surface area contributed by atoms with E-state index in [1.807, 2.05) is 38.1 Å². The smallest absolute Gasteiger partial charge is 0.319 e. The Morgan fingerprint density at radius 1 is 1.07 bits per heavy atom. The molecule has 0 unspecified atom stereocenters. The van der Waals surface area contributed by atoms with Crippen molar-refractivity contribution in [1.29, 1.82) is 0 Å². The largest absolute Gasteiger partial charge is 0.494 e. The van der Waals surface area contributed by atoms with Gasteiger partial charge in [0.15, 0.2) is 11.5 Å². The minimum absolute atomic E-state index is 0.228. The van der Waals surface area contributed by atoms with Crippen molar-refractivity contribution in [3.05, 3.63) is 53.9 Å². The number of methoxy groups -OCH3 is 2. The number of aromatic nitrogens is 1. The van der Waals surface area contributed by atoms with E-state index in [2.05, 4.69) is 15.6 Å². The first-order valence-electron chi connectivity index (χ1n) is 9.50. The number of hydrogen-bond acceptors (Lipinski definition) is 6. The van der Waals surface area contributed by atoms with E-state index in [-0.39, 0.29) is 12.6 Å². The maximum absolute atomic E-state index is 12.3. The Hall–Kier alpha value is -3.68. The van der Waals surface area contributed by atoms with E-state index in [1.165, 1.54) is 7.11 Å². The first kappa shape index (κ1) is 21.0. The zero-order valence-electron chi connectivity index (χ0n) is 17.4. The van der Waals surface area contributed by atoms with E-state index >= 15 is 0 Å². The zero-order valence-corrected chi connectivity index (χ0v) is 17.4. The van der Waals surface area contributed by atoms with E-state index in [4.69, 9.17) is 18.6 Å². The number of hydrogen-bond donors (Lipinski definition) is 2. The highest BCUT2D eigenvalue weighted by Crippen LogP contribution is 2.29. The van der Waals surface area contributed by atoms with Crippen molar-refractivity contribution in [3.8, 4) is 28.7 Å². The minimum Gasteiger partial charge on any atom is -0.494 e. The number of amides is 2. The predicted molar refractivity (Wildman–Crippen MR) is 113 cm³/mol. The minimum atomic E-state index is -0.368. The molecule has 3 rings (SSSR count). The monoisotopic (exact) mass is 411 g/mol. The van der Waals surface area contributed by atoms with Crippen LogP contribution in [0.4, 0.5) is 10.5 Å². The third-order valence-electron chi connectivity index (χ3n) is 4.36. The van der Waals surface area contributed by atoms with Crippen LogP contribution in [-0.2, 0) is 6.54 Å². The second kappa shape index (κ2) is 9.69. The average Bonchev–Trinajstić information content (AvgIpc) is 3.13. The highest BCUT2D eigenvalue weighted by molar-refractivity contribution is 5.89. The van der Waals surface area contributed by atoms with Gasteiger partial charge in [0.1, 0.15) is 17.2 Å². The Bertz CT molecular complexity index is 999. The van der Waals surface area contributed by atoms with Gasteiger partial charge in [-0.25, -0.2) is 9.78 Å². The Labute approximate surface area is 175 Å². The van der Waals surface area contributed by atoms with Crippen LogP contribution in [0.25, 0.3) is 11.5 Å². The van der Waals surface area contributed by atoms with Gasteiger partial charge < -0.3 is 29.3 Å². The van der Waals surface area contributed by atoms with Gasteiger partial charge in [-0.3, -0.25) is 0 Å². The fraction of sp³-hybridized carbons (Fsp3) is 0.273. The molecular formula is C22H25N3O5. The molecule has 0 radical (unpaired) electrons. The summed E-state index contributed by atoms with van der Waals surface area (Å²) < 4.78 is 21.6. The molecule has 30 heavy (non-hydrogen) atoms. The fourth-order valence-corrected chi connectivity index (χ4v) is 2.83. The highest BCUT2D eigenvalue weighted by Gasteiger charge is 2.13. The van der Waals surface area contributed by atoms with E-state index in [1.54, 1.807) is 25.3 Å². The number of aryl methyl sites for hydroxylation is 1. The molecule has 2 aromatic carbocycles. The molecule has 0 atom stereocenters. The number of anilines is 1. The first-order valence-corrected chi connectivity index (χ1v) is 9.50. The van der Waals surface area contributed by atoms with Crippen molar-refractivity contribution in [2.75, 3.05) is 26.1 Å². The third kappa shape index (κ3) is 5.02. The number of rotatable bonds is 8. The second-order valence-electron chi connectivity index (χ2n) is 6.36. The number of carbonyl (C=O) groups excluding carboxylic acids is 1. The molecule has 2 N–H and O–H groups in total. The molecule has 8 heteroatoms. The maximum atomic E-state index is 12.3. The number of nitrogens with zero attached hydrogens (tertiary/aromatic N) is 1. The molecular weight excluding hydrogens is 386 g/mol. The normalized spacial score (nSPS) is 10.4. The summed E-state index contributed by atoms with van der Waals surface area (Å²) in [6.45, 7) is 4.59. The van der Waals surface area contributed by atoms with Gasteiger partial charge in [0.2, 0.25) is 5.89 Å². The summed E-state index contributed by atoms with van der Waals surface area (Å²) in [6.07, 6.45) is 0. The molecule has 0 aliphatic carbocycles. The van der Waals surface area contributed by atoms with Gasteiger partial charge >= 0.3 is 6.03 Å². The summed E-state index contributed by atoms with van der Waals surface area (Å²) >= 11 is 0. The van der Waals surface area contributed by atoms with Gasteiger partial charge in [-0.2, -0.15) is 0 Å². The Kier molecular flexibility index (Phi) is 6.79. The lowest BCUT2D eigenvalue weighted by Gasteiger charge is -2.11. The molecule has 0 aliphatic heterocycles. The van der Waals surface area contributed by atoms with Crippen LogP contribution in [0.15, 0.2) is 46.9 Å². The molecule has 8 nitrogen and oxygen atoms in total. The number of benzene rings is 2. The standard InChI is InChI=1S/C22H25N3O5/c1-5-29-17-9-6-15(7-10-17)21-25-18(14(2)30-21)13-23-22(26)24-16-8-11-19(27-3)20(12-16)28-4/h6-12H,5,13H2,1-4H3,(H2,23,24,26). The van der Waals surface area contributed by atoms with Crippen LogP contribution in [0.1, 0.15) is 18.4 Å². The molecule has 0 aliphatic rings. The number of oxazole rings is 1. The van der Waals surface area contributed by atoms with Gasteiger partial charge in [-0.15, -0.1) is 0 Å². The molecule has 0 saturated carbocycles. The summed E-state index contributed by atoms with van der Waals surface area (Å²) in [7, 11) is 3.09. The van der Waals surface area contributed by atoms with Crippen molar-refractivity contribution in [2.24, 2.45) is 0 Å². The van der Waals surface area contributed by atoms with Crippen molar-refractivity contribution < 1.29 is 23.4 Å². The summed E-state index contributed by atoms with van der Waals surface area (Å²) in [5.41, 5.74) is 2.07. The molecule has 3 aromatic rings. The van der Waals surface area contributed by atoms with E-state index in [9.17, 15) is 4.79 Å². The van der Waals surface area contributed by atoms with Crippen LogP contribution in [-0.4, -0.2) is 31.8 Å². The SMILES string of the molecule is CCOc1ccc(-c2nc(CNC(=O)Nc3ccc(OC)c(OC)c3)c(C)o2)cc1. The summed E-state index contributed by atoms with van der Waals surface area (Å²) in [5.74, 6) is 3.04. The molecule has 2 amide bonds. The van der Waals surface area contributed by atoms with Crippen molar-refractivity contribution in [2.45, 2.75) is 20.4 Å². The highest BCUT2D eigenvalue weighted by atomic mass is 16.5. The molecule has 1 heterocycles. The zero-order chi connectivity index (χ0) is 21.5. The molecule has 0 bridgehead atoms. The quantitative estimate of drug-likeness (QED) is 0.571. The predicted octanol–water partition coefficient (Wildman–Crippen LogP) is 4.39. The van der Waals surface area contributed by atoms with Crippen molar-refractivity contribution >= 4 is 11.7 Å². The Morgan fingerprint density at radius 3 is 2.47 bits per heavy atom. The molecule has 0 spiro atoms. The van der Waals surface area contributed by atoms with Crippen LogP contribution in [0.5, 0.6) is 17.2 Å². The maximum Gasteiger partial charge on any atom is 0.319 e. The second-order valence-corrected chi connectivity index (χ2v) is 6.36. The fourth-order valence-electron chi connectivity index (χ4n) is 2.83. The lowest BCUT2D eigenvalue weighted by molar-refractivity contribution is 0.251. The van der Waals surface area contributed by atoms with Crippen LogP contribution >= 0.6 is 0 Å². The van der Waals surface area contributed by atoms with Gasteiger partial charge in [0.25, 0.3) is 0 Å². The lowest BCUT2D eigenvalue weighted by atomic mass is 10.2. The van der Waals surface area contributed by atoms with E-state index < -0.39 is 0 Å². The number of urea groups is 1. The van der Waals surface area contributed by atoms with E-state index in [0.717, 1.165) is 11.3 Å². The number of carbonyl (C=O) groups is 1. The Balaban J connectivity index is 1.61. The number of nitrogens with one attached hydrogen (secondary N) is 2. The first-order chi connectivity index (χ1) is 14.5. The van der Waals surface area contributed by atoms with E-state index in [0.29, 0.717) is 41.1 Å². The van der Waals surface area contributed by atoms with Crippen molar-refractivity contribution in [3.63, 3.8) is 0 Å². The summed E-state index contributed by atoms with van der Waals surface area (Å²) in [5, 5.41) is 5.54. The van der Waals surface area contributed by atoms with Gasteiger partial charge in [0.05, 0.1) is 27.4 Å². The van der Waals surface area contributed by atoms with Gasteiger partial charge in [0, 0.05) is 17.3 Å². The summed E-state index contributed by atoms with van der Waals surface area (Å²) in [4.78, 5) is 16.8. The lowest BCUT2D eigenvalue weighted by Crippen LogP contribution is -2.28. The summed E-state index contributed by atoms with van der Waals surface area (Å²) in [6, 6.07) is 12.3. The molecule has 0 saturated heterocycles. The van der Waals surface area contributed by atoms with Crippen LogP contribution in [0.3, 0.4) is 0 Å². The van der Waals surface area contributed by atoms with Crippen LogP contribution in [0.2, 0.25) is 0 Å². The topological polar surface area (TPSA) is 94.9 Å². The van der Waals surface area contributed by atoms with Gasteiger partial charge in [-0.1, -0.05) is 0 Å². The molecule has 1 aromatic heterocycles. The third-order valence-corrected chi connectivity index (χ3v) is 4.36. The number of ether oxygens (including phenoxy) is 3. The molecule has 158 valence electrons. The van der Waals surface area contributed by atoms with Crippen LogP contribution in [0, 0.1) is 6.92 Å². The Morgan fingerprint density at radius 2 is 1.80 bits per heavy atom. The van der Waals surface area contributed by atoms with Crippen LogP contribution < -0.4 is 24.8 Å². The molecule has 0 fully saturated rings.